The van der Waals surface area contributed by atoms with Gasteiger partial charge in [0.2, 0.25) is 11.8 Å². The molecule has 0 spiro atoms. The van der Waals surface area contributed by atoms with Crippen molar-refractivity contribution in [1.29, 1.82) is 0 Å². The third-order valence-electron chi connectivity index (χ3n) is 3.75. The highest BCUT2D eigenvalue weighted by Gasteiger charge is 2.19. The van der Waals surface area contributed by atoms with Gasteiger partial charge in [-0.25, -0.2) is 0 Å². The average molecular weight is 255 g/mol. The summed E-state index contributed by atoms with van der Waals surface area (Å²) in [6.07, 6.45) is 4.54. The lowest BCUT2D eigenvalue weighted by molar-refractivity contribution is -0.123. The van der Waals surface area contributed by atoms with Crippen LogP contribution in [-0.2, 0) is 9.59 Å². The Morgan fingerprint density at radius 1 is 1.44 bits per heavy atom. The number of amides is 2. The van der Waals surface area contributed by atoms with Gasteiger partial charge < -0.3 is 16.0 Å². The number of nitrogens with two attached hydrogens (primary N) is 1. The SMILES string of the molecule is CC(CCC(=O)NC[C@@H]1CCCCN1C)C(N)=O. The molecule has 5 nitrogen and oxygen atoms in total. The summed E-state index contributed by atoms with van der Waals surface area (Å²) >= 11 is 0. The van der Waals surface area contributed by atoms with Crippen LogP contribution in [0.25, 0.3) is 0 Å². The summed E-state index contributed by atoms with van der Waals surface area (Å²) in [7, 11) is 2.10. The lowest BCUT2D eigenvalue weighted by Gasteiger charge is -2.32. The van der Waals surface area contributed by atoms with Gasteiger partial charge in [-0.05, 0) is 32.9 Å². The Morgan fingerprint density at radius 2 is 2.17 bits per heavy atom. The summed E-state index contributed by atoms with van der Waals surface area (Å²) < 4.78 is 0. The molecule has 1 saturated heterocycles. The summed E-state index contributed by atoms with van der Waals surface area (Å²) in [4.78, 5) is 24.8. The van der Waals surface area contributed by atoms with Crippen molar-refractivity contribution in [1.82, 2.24) is 10.2 Å². The number of piperidine rings is 1. The number of carbonyl (C=O) groups excluding carboxylic acids is 2. The maximum atomic E-state index is 11.6. The number of nitrogens with zero attached hydrogens (tertiary/aromatic N) is 1. The van der Waals surface area contributed by atoms with Crippen LogP contribution in [0.1, 0.15) is 39.0 Å². The quantitative estimate of drug-likeness (QED) is 0.725. The molecular formula is C13H25N3O2. The topological polar surface area (TPSA) is 75.4 Å². The Balaban J connectivity index is 2.18. The van der Waals surface area contributed by atoms with Gasteiger partial charge in [-0.2, -0.15) is 0 Å². The van der Waals surface area contributed by atoms with Crippen molar-refractivity contribution in [3.8, 4) is 0 Å². The average Bonchev–Trinajstić information content (AvgIpc) is 2.34. The van der Waals surface area contributed by atoms with Crippen LogP contribution >= 0.6 is 0 Å². The number of likely N-dealkylation sites (N-methyl/N-ethyl adjacent to an activating group) is 1. The van der Waals surface area contributed by atoms with Gasteiger partial charge in [-0.15, -0.1) is 0 Å². The number of hydrogen-bond acceptors (Lipinski definition) is 3. The predicted octanol–water partition coefficient (Wildman–Crippen LogP) is 0.489. The van der Waals surface area contributed by atoms with Crippen LogP contribution in [0.2, 0.25) is 0 Å². The van der Waals surface area contributed by atoms with Crippen molar-refractivity contribution in [2.75, 3.05) is 20.1 Å². The fraction of sp³-hybridized carbons (Fsp3) is 0.846. The van der Waals surface area contributed by atoms with E-state index < -0.39 is 0 Å². The van der Waals surface area contributed by atoms with Crippen LogP contribution in [0.3, 0.4) is 0 Å². The molecule has 104 valence electrons. The van der Waals surface area contributed by atoms with Gasteiger partial charge in [-0.3, -0.25) is 9.59 Å². The van der Waals surface area contributed by atoms with E-state index in [2.05, 4.69) is 17.3 Å². The standard InChI is InChI=1S/C13H25N3O2/c1-10(13(14)18)6-7-12(17)15-9-11-5-3-4-8-16(11)2/h10-11H,3-9H2,1-2H3,(H2,14,18)(H,15,17)/t10?,11-/m0/s1. The molecular weight excluding hydrogens is 230 g/mol. The summed E-state index contributed by atoms with van der Waals surface area (Å²) in [5.41, 5.74) is 5.15. The fourth-order valence-electron chi connectivity index (χ4n) is 2.21. The molecule has 1 unspecified atom stereocenters. The Labute approximate surface area is 109 Å². The fourth-order valence-corrected chi connectivity index (χ4v) is 2.21. The molecule has 0 aromatic rings. The molecule has 1 rings (SSSR count). The van der Waals surface area contributed by atoms with Crippen molar-refractivity contribution in [2.45, 2.75) is 45.1 Å². The Hall–Kier alpha value is -1.10. The molecule has 1 aliphatic heterocycles. The zero-order valence-electron chi connectivity index (χ0n) is 11.4. The summed E-state index contributed by atoms with van der Waals surface area (Å²) in [6.45, 7) is 3.57. The van der Waals surface area contributed by atoms with Gasteiger partial charge >= 0.3 is 0 Å². The maximum Gasteiger partial charge on any atom is 0.220 e. The summed E-state index contributed by atoms with van der Waals surface area (Å²) in [5, 5.41) is 2.94. The Morgan fingerprint density at radius 3 is 2.78 bits per heavy atom. The predicted molar refractivity (Wildman–Crippen MR) is 70.9 cm³/mol. The van der Waals surface area contributed by atoms with Gasteiger partial charge in [0.25, 0.3) is 0 Å². The molecule has 5 heteroatoms. The van der Waals surface area contributed by atoms with E-state index in [4.69, 9.17) is 5.73 Å². The molecule has 0 radical (unpaired) electrons. The van der Waals surface area contributed by atoms with E-state index in [1.807, 2.05) is 0 Å². The van der Waals surface area contributed by atoms with Crippen LogP contribution < -0.4 is 11.1 Å². The van der Waals surface area contributed by atoms with Gasteiger partial charge in [-0.1, -0.05) is 13.3 Å². The number of hydrogen-bond donors (Lipinski definition) is 2. The van der Waals surface area contributed by atoms with E-state index in [0.29, 0.717) is 25.4 Å². The molecule has 0 aliphatic carbocycles. The van der Waals surface area contributed by atoms with E-state index >= 15 is 0 Å². The molecule has 0 aromatic heterocycles. The lowest BCUT2D eigenvalue weighted by atomic mass is 10.0. The van der Waals surface area contributed by atoms with Crippen LogP contribution in [0, 0.1) is 5.92 Å². The second-order valence-electron chi connectivity index (χ2n) is 5.28. The summed E-state index contributed by atoms with van der Waals surface area (Å²) in [6, 6.07) is 0.455. The molecule has 2 atom stereocenters. The number of primary amides is 1. The molecule has 2 amide bonds. The number of likely N-dealkylation sites (tertiary alicyclic amines) is 1. The van der Waals surface area contributed by atoms with Crippen LogP contribution in [0.5, 0.6) is 0 Å². The number of rotatable bonds is 6. The molecule has 0 bridgehead atoms. The monoisotopic (exact) mass is 255 g/mol. The van der Waals surface area contributed by atoms with Gasteiger partial charge in [0, 0.05) is 24.9 Å². The maximum absolute atomic E-state index is 11.6. The third-order valence-corrected chi connectivity index (χ3v) is 3.75. The van der Waals surface area contributed by atoms with Crippen LogP contribution in [-0.4, -0.2) is 42.9 Å². The second kappa shape index (κ2) is 7.36. The smallest absolute Gasteiger partial charge is 0.220 e. The van der Waals surface area contributed by atoms with Crippen LogP contribution in [0.4, 0.5) is 0 Å². The first-order chi connectivity index (χ1) is 8.50. The third kappa shape index (κ3) is 5.04. The van der Waals surface area contributed by atoms with Gasteiger partial charge in [0.1, 0.15) is 0 Å². The highest BCUT2D eigenvalue weighted by molar-refractivity contribution is 5.79. The molecule has 0 aromatic carbocycles. The highest BCUT2D eigenvalue weighted by Crippen LogP contribution is 2.14. The minimum atomic E-state index is -0.338. The molecule has 1 heterocycles. The first-order valence-electron chi connectivity index (χ1n) is 6.77. The highest BCUT2D eigenvalue weighted by atomic mass is 16.2. The van der Waals surface area contributed by atoms with E-state index in [0.717, 1.165) is 13.0 Å². The first-order valence-corrected chi connectivity index (χ1v) is 6.77. The van der Waals surface area contributed by atoms with Gasteiger partial charge in [0.15, 0.2) is 0 Å². The van der Waals surface area contributed by atoms with Crippen molar-refractivity contribution in [2.24, 2.45) is 11.7 Å². The van der Waals surface area contributed by atoms with E-state index in [9.17, 15) is 9.59 Å². The van der Waals surface area contributed by atoms with E-state index in [-0.39, 0.29) is 17.7 Å². The lowest BCUT2D eigenvalue weighted by Crippen LogP contribution is -2.44. The van der Waals surface area contributed by atoms with E-state index in [1.165, 1.54) is 12.8 Å². The molecule has 1 fully saturated rings. The van der Waals surface area contributed by atoms with Crippen LogP contribution in [0.15, 0.2) is 0 Å². The molecule has 18 heavy (non-hydrogen) atoms. The van der Waals surface area contributed by atoms with Crippen molar-refractivity contribution >= 4 is 11.8 Å². The van der Waals surface area contributed by atoms with E-state index in [1.54, 1.807) is 6.92 Å². The van der Waals surface area contributed by atoms with Gasteiger partial charge in [0.05, 0.1) is 0 Å². The number of nitrogens with one attached hydrogen (secondary N) is 1. The van der Waals surface area contributed by atoms with Crippen molar-refractivity contribution in [3.05, 3.63) is 0 Å². The number of carbonyl (C=O) groups is 2. The zero-order valence-corrected chi connectivity index (χ0v) is 11.4. The Kier molecular flexibility index (Phi) is 6.12. The second-order valence-corrected chi connectivity index (χ2v) is 5.28. The first kappa shape index (κ1) is 15.0. The largest absolute Gasteiger partial charge is 0.369 e. The molecule has 3 N–H and O–H groups in total. The minimum Gasteiger partial charge on any atom is -0.369 e. The molecule has 1 aliphatic rings. The summed E-state index contributed by atoms with van der Waals surface area (Å²) in [5.74, 6) is -0.551. The Bertz CT molecular complexity index is 294. The minimum absolute atomic E-state index is 0.0158. The molecule has 0 saturated carbocycles. The van der Waals surface area contributed by atoms with Crippen molar-refractivity contribution < 1.29 is 9.59 Å². The van der Waals surface area contributed by atoms with Crippen molar-refractivity contribution in [3.63, 3.8) is 0 Å². The zero-order chi connectivity index (χ0) is 13.5. The normalized spacial score (nSPS) is 22.4.